The van der Waals surface area contributed by atoms with Gasteiger partial charge < -0.3 is 11.1 Å². The molecule has 1 amide bonds. The average molecular weight is 250 g/mol. The number of hydrogen-bond donors (Lipinski definition) is 2. The molecule has 0 spiro atoms. The van der Waals surface area contributed by atoms with Crippen LogP contribution in [0.25, 0.3) is 0 Å². The fourth-order valence-corrected chi connectivity index (χ4v) is 2.45. The molecule has 0 saturated heterocycles. The van der Waals surface area contributed by atoms with Gasteiger partial charge in [0.1, 0.15) is 5.82 Å². The van der Waals surface area contributed by atoms with E-state index in [4.69, 9.17) is 5.73 Å². The number of amides is 1. The van der Waals surface area contributed by atoms with Crippen molar-refractivity contribution >= 4 is 11.6 Å². The van der Waals surface area contributed by atoms with Crippen molar-refractivity contribution in [3.05, 3.63) is 29.1 Å². The van der Waals surface area contributed by atoms with Gasteiger partial charge in [-0.3, -0.25) is 4.79 Å². The van der Waals surface area contributed by atoms with Crippen LogP contribution in [0.1, 0.15) is 50.3 Å². The number of carbonyl (C=O) groups excluding carboxylic acids is 1. The maximum atomic E-state index is 13.7. The summed E-state index contributed by atoms with van der Waals surface area (Å²) < 4.78 is 13.7. The van der Waals surface area contributed by atoms with E-state index in [-0.39, 0.29) is 29.6 Å². The molecule has 2 atom stereocenters. The van der Waals surface area contributed by atoms with Crippen LogP contribution >= 0.6 is 0 Å². The van der Waals surface area contributed by atoms with Gasteiger partial charge in [-0.2, -0.15) is 0 Å². The second-order valence-electron chi connectivity index (χ2n) is 5.18. The molecule has 2 rings (SSSR count). The lowest BCUT2D eigenvalue weighted by atomic mass is 9.90. The van der Waals surface area contributed by atoms with Crippen molar-refractivity contribution in [3.8, 4) is 0 Å². The molecule has 18 heavy (non-hydrogen) atoms. The van der Waals surface area contributed by atoms with Crippen molar-refractivity contribution in [2.75, 3.05) is 5.32 Å². The largest absolute Gasteiger partial charge is 0.325 e. The number of nitrogens with one attached hydrogen (secondary N) is 1. The maximum Gasteiger partial charge on any atom is 0.232 e. The summed E-state index contributed by atoms with van der Waals surface area (Å²) in [4.78, 5) is 11.8. The van der Waals surface area contributed by atoms with Crippen LogP contribution in [0.3, 0.4) is 0 Å². The molecule has 0 bridgehead atoms. The first-order chi connectivity index (χ1) is 8.45. The molecule has 1 aliphatic rings. The molecule has 98 valence electrons. The van der Waals surface area contributed by atoms with Gasteiger partial charge >= 0.3 is 0 Å². The third kappa shape index (κ3) is 2.01. The highest BCUT2D eigenvalue weighted by atomic mass is 19.1. The van der Waals surface area contributed by atoms with Crippen LogP contribution in [0, 0.1) is 11.7 Å². The van der Waals surface area contributed by atoms with Crippen LogP contribution in [0.4, 0.5) is 10.1 Å². The summed E-state index contributed by atoms with van der Waals surface area (Å²) in [5, 5.41) is 2.84. The minimum Gasteiger partial charge on any atom is -0.325 e. The van der Waals surface area contributed by atoms with Gasteiger partial charge in [-0.15, -0.1) is 0 Å². The van der Waals surface area contributed by atoms with Gasteiger partial charge in [0.25, 0.3) is 0 Å². The molecular formula is C14H19FN2O. The summed E-state index contributed by atoms with van der Waals surface area (Å²) in [6.45, 7) is 5.89. The minimum atomic E-state index is -0.324. The lowest BCUT2D eigenvalue weighted by Crippen LogP contribution is -2.18. The zero-order valence-corrected chi connectivity index (χ0v) is 11.0. The van der Waals surface area contributed by atoms with Crippen molar-refractivity contribution in [2.45, 2.75) is 39.2 Å². The highest BCUT2D eigenvalue weighted by Crippen LogP contribution is 2.40. The predicted molar refractivity (Wildman–Crippen MR) is 69.8 cm³/mol. The van der Waals surface area contributed by atoms with Gasteiger partial charge in [0.15, 0.2) is 0 Å². The molecule has 0 fully saturated rings. The molecule has 0 aromatic heterocycles. The Morgan fingerprint density at radius 3 is 2.67 bits per heavy atom. The van der Waals surface area contributed by atoms with Gasteiger partial charge in [0, 0.05) is 11.7 Å². The Morgan fingerprint density at radius 1 is 1.44 bits per heavy atom. The number of nitrogens with two attached hydrogens (primary N) is 1. The van der Waals surface area contributed by atoms with E-state index in [0.29, 0.717) is 12.0 Å². The summed E-state index contributed by atoms with van der Waals surface area (Å²) in [7, 11) is 0. The quantitative estimate of drug-likeness (QED) is 0.866. The first-order valence-electron chi connectivity index (χ1n) is 6.35. The highest BCUT2D eigenvalue weighted by Gasteiger charge is 2.33. The normalized spacial score (nSPS) is 19.9. The Balaban J connectivity index is 2.55. The topological polar surface area (TPSA) is 55.1 Å². The van der Waals surface area contributed by atoms with Gasteiger partial charge in [0.2, 0.25) is 5.91 Å². The number of carbonyl (C=O) groups is 1. The van der Waals surface area contributed by atoms with E-state index in [1.807, 2.05) is 20.8 Å². The molecule has 0 aliphatic carbocycles. The molecule has 1 heterocycles. The lowest BCUT2D eigenvalue weighted by molar-refractivity contribution is -0.117. The Kier molecular flexibility index (Phi) is 3.39. The van der Waals surface area contributed by atoms with Crippen LogP contribution in [0.15, 0.2) is 12.1 Å². The molecule has 3 nitrogen and oxygen atoms in total. The third-order valence-corrected chi connectivity index (χ3v) is 3.59. The molecule has 1 aliphatic heterocycles. The van der Waals surface area contributed by atoms with E-state index >= 15 is 0 Å². The Morgan fingerprint density at radius 2 is 2.11 bits per heavy atom. The van der Waals surface area contributed by atoms with Crippen LogP contribution in [0.2, 0.25) is 0 Å². The first kappa shape index (κ1) is 13.0. The number of hydrogen-bond acceptors (Lipinski definition) is 2. The second-order valence-corrected chi connectivity index (χ2v) is 5.18. The summed E-state index contributed by atoms with van der Waals surface area (Å²) in [5.74, 6) is -0.451. The molecular weight excluding hydrogens is 231 g/mol. The van der Waals surface area contributed by atoms with Crippen molar-refractivity contribution in [1.82, 2.24) is 0 Å². The van der Waals surface area contributed by atoms with E-state index in [9.17, 15) is 9.18 Å². The first-order valence-corrected chi connectivity index (χ1v) is 6.35. The smallest absolute Gasteiger partial charge is 0.232 e. The van der Waals surface area contributed by atoms with Crippen LogP contribution in [-0.4, -0.2) is 5.91 Å². The predicted octanol–water partition coefficient (Wildman–Crippen LogP) is 2.93. The summed E-state index contributed by atoms with van der Waals surface area (Å²) in [6.07, 6.45) is 0.665. The lowest BCUT2D eigenvalue weighted by Gasteiger charge is -2.19. The van der Waals surface area contributed by atoms with Crippen molar-refractivity contribution < 1.29 is 9.18 Å². The molecule has 4 heteroatoms. The molecule has 1 aromatic carbocycles. The Hall–Kier alpha value is -1.42. The molecule has 0 saturated carbocycles. The van der Waals surface area contributed by atoms with Crippen molar-refractivity contribution in [3.63, 3.8) is 0 Å². The average Bonchev–Trinajstić information content (AvgIpc) is 2.62. The second kappa shape index (κ2) is 4.69. The monoisotopic (exact) mass is 250 g/mol. The van der Waals surface area contributed by atoms with Crippen molar-refractivity contribution in [2.24, 2.45) is 11.7 Å². The van der Waals surface area contributed by atoms with Gasteiger partial charge in [0.05, 0.1) is 5.92 Å². The van der Waals surface area contributed by atoms with E-state index in [0.717, 1.165) is 11.3 Å². The number of halogens is 1. The number of benzene rings is 1. The SMILES string of the molecule is CCC1C(=O)Nc2c1cc(F)cc2C(N)C(C)C. The Labute approximate surface area is 107 Å². The van der Waals surface area contributed by atoms with Crippen molar-refractivity contribution in [1.29, 1.82) is 0 Å². The van der Waals surface area contributed by atoms with Gasteiger partial charge in [-0.05, 0) is 35.6 Å². The number of rotatable bonds is 3. The van der Waals surface area contributed by atoms with E-state index in [1.54, 1.807) is 0 Å². The molecule has 1 aromatic rings. The zero-order valence-electron chi connectivity index (χ0n) is 11.0. The highest BCUT2D eigenvalue weighted by molar-refractivity contribution is 6.03. The molecule has 2 unspecified atom stereocenters. The Bertz CT molecular complexity index is 485. The van der Waals surface area contributed by atoms with E-state index in [2.05, 4.69) is 5.32 Å². The minimum absolute atomic E-state index is 0.0599. The fraction of sp³-hybridized carbons (Fsp3) is 0.500. The van der Waals surface area contributed by atoms with Crippen LogP contribution < -0.4 is 11.1 Å². The number of fused-ring (bicyclic) bond motifs is 1. The number of anilines is 1. The van der Waals surface area contributed by atoms with E-state index in [1.165, 1.54) is 12.1 Å². The summed E-state index contributed by atoms with van der Waals surface area (Å²) >= 11 is 0. The standard InChI is InChI=1S/C14H19FN2O/c1-4-9-10-5-8(15)6-11(12(16)7(2)3)13(10)17-14(9)18/h5-7,9,12H,4,16H2,1-3H3,(H,17,18). The summed E-state index contributed by atoms with van der Waals surface area (Å²) in [5.41, 5.74) is 8.25. The fourth-order valence-electron chi connectivity index (χ4n) is 2.45. The molecule has 3 N–H and O–H groups in total. The van der Waals surface area contributed by atoms with Gasteiger partial charge in [-0.25, -0.2) is 4.39 Å². The molecule has 0 radical (unpaired) electrons. The van der Waals surface area contributed by atoms with E-state index < -0.39 is 0 Å². The summed E-state index contributed by atoms with van der Waals surface area (Å²) in [6, 6.07) is 2.60. The zero-order chi connectivity index (χ0) is 13.4. The van der Waals surface area contributed by atoms with Crippen LogP contribution in [-0.2, 0) is 4.79 Å². The van der Waals surface area contributed by atoms with Crippen LogP contribution in [0.5, 0.6) is 0 Å². The van der Waals surface area contributed by atoms with Gasteiger partial charge in [-0.1, -0.05) is 20.8 Å². The maximum absolute atomic E-state index is 13.7. The third-order valence-electron chi connectivity index (χ3n) is 3.59.